The summed E-state index contributed by atoms with van der Waals surface area (Å²) in [4.78, 5) is 2.57. The lowest BCUT2D eigenvalue weighted by Crippen LogP contribution is -2.29. The molecule has 1 heteroatoms. The van der Waals surface area contributed by atoms with Gasteiger partial charge in [-0.15, -0.1) is 0 Å². The van der Waals surface area contributed by atoms with Crippen LogP contribution in [-0.4, -0.2) is 0 Å². The van der Waals surface area contributed by atoms with E-state index in [0.29, 0.717) is 0 Å². The second kappa shape index (κ2) is 17.5. The number of rotatable bonds is 9. The summed E-state index contributed by atoms with van der Waals surface area (Å²) in [5, 5.41) is 0. The van der Waals surface area contributed by atoms with Crippen LogP contribution < -0.4 is 4.90 Å². The highest BCUT2D eigenvalue weighted by Gasteiger charge is 2.49. The molecule has 12 aromatic carbocycles. The molecule has 0 spiro atoms. The van der Waals surface area contributed by atoms with Gasteiger partial charge >= 0.3 is 0 Å². The Bertz CT molecular complexity index is 3960. The highest BCUT2D eigenvalue weighted by Crippen LogP contribution is 2.61. The molecular formula is C76H53N. The van der Waals surface area contributed by atoms with E-state index < -0.39 is 10.8 Å². The normalized spacial score (nSPS) is 15.6. The van der Waals surface area contributed by atoms with Crippen molar-refractivity contribution < 1.29 is 0 Å². The molecule has 3 aliphatic carbocycles. The Morgan fingerprint density at radius 1 is 0.234 bits per heavy atom. The van der Waals surface area contributed by atoms with Gasteiger partial charge in [-0.3, -0.25) is 0 Å². The van der Waals surface area contributed by atoms with Crippen molar-refractivity contribution in [3.8, 4) is 44.5 Å². The van der Waals surface area contributed by atoms with E-state index in [1.54, 1.807) is 0 Å². The molecule has 0 aliphatic heterocycles. The quantitative estimate of drug-likeness (QED) is 0.139. The third-order valence-corrected chi connectivity index (χ3v) is 17.5. The van der Waals surface area contributed by atoms with Crippen LogP contribution in [0.15, 0.2) is 303 Å². The molecule has 3 aliphatic rings. The summed E-state index contributed by atoms with van der Waals surface area (Å²) in [6.45, 7) is 2.41. The number of benzene rings is 12. The summed E-state index contributed by atoms with van der Waals surface area (Å²) >= 11 is 0. The zero-order chi connectivity index (χ0) is 51.1. The Morgan fingerprint density at radius 3 is 1.04 bits per heavy atom. The number of fused-ring (bicyclic) bond motifs is 9. The van der Waals surface area contributed by atoms with E-state index >= 15 is 0 Å². The molecule has 0 radical (unpaired) electrons. The van der Waals surface area contributed by atoms with E-state index in [9.17, 15) is 0 Å². The van der Waals surface area contributed by atoms with Gasteiger partial charge in [-0.2, -0.15) is 0 Å². The fraction of sp³-hybridized carbons (Fsp3) is 0.0526. The summed E-state index contributed by atoms with van der Waals surface area (Å²) < 4.78 is 0. The highest BCUT2D eigenvalue weighted by atomic mass is 15.1. The van der Waals surface area contributed by atoms with Crippen LogP contribution >= 0.6 is 0 Å². The second-order valence-electron chi connectivity index (χ2n) is 21.1. The molecule has 12 aromatic rings. The fourth-order valence-corrected chi connectivity index (χ4v) is 14.3. The first kappa shape index (κ1) is 44.9. The number of hydrogen-bond acceptors (Lipinski definition) is 1. The van der Waals surface area contributed by atoms with Crippen LogP contribution in [0.5, 0.6) is 0 Å². The minimum absolute atomic E-state index is 0.349. The van der Waals surface area contributed by atoms with Crippen molar-refractivity contribution >= 4 is 17.1 Å². The van der Waals surface area contributed by atoms with Crippen LogP contribution in [0, 0.1) is 0 Å². The molecule has 0 heterocycles. The van der Waals surface area contributed by atoms with E-state index in [-0.39, 0.29) is 5.41 Å². The van der Waals surface area contributed by atoms with Gasteiger partial charge in [-0.05, 0) is 137 Å². The zero-order valence-electron chi connectivity index (χ0n) is 42.8. The largest absolute Gasteiger partial charge is 0.310 e. The Morgan fingerprint density at radius 2 is 0.571 bits per heavy atom. The third-order valence-electron chi connectivity index (χ3n) is 17.5. The summed E-state index contributed by atoms with van der Waals surface area (Å²) in [5.74, 6) is 0. The first-order valence-electron chi connectivity index (χ1n) is 27.0. The molecule has 1 unspecified atom stereocenters. The molecule has 1 atom stereocenters. The number of para-hydroxylation sites is 1. The Hall–Kier alpha value is -9.56. The lowest BCUT2D eigenvalue weighted by atomic mass is 9.67. The Balaban J connectivity index is 1.03. The first-order chi connectivity index (χ1) is 38.1. The molecule has 362 valence electrons. The Labute approximate surface area is 451 Å². The van der Waals surface area contributed by atoms with Crippen molar-refractivity contribution in [1.29, 1.82) is 0 Å². The van der Waals surface area contributed by atoms with Gasteiger partial charge in [-0.1, -0.05) is 273 Å². The molecule has 0 saturated carbocycles. The standard InChI is InChI=1S/C76H53N/c1-74(52-26-7-2-8-27-52)66-41-21-19-39-65(66)73-64(40-25-44-69(73)74)63-38-20-24-45-72(63)77(57-46-48-61-59-36-17-22-42-67(59)75(70(61)50-57,53-28-9-3-10-29-53)54-30-11-4-12-31-54)58-47-49-62-60-37-18-23-43-68(60)76(71(62)51-58,55-32-13-5-14-33-55)56-34-15-6-16-35-56/h2-51H,1H3. The van der Waals surface area contributed by atoms with Gasteiger partial charge in [-0.25, -0.2) is 0 Å². The van der Waals surface area contributed by atoms with Crippen LogP contribution in [0.2, 0.25) is 0 Å². The van der Waals surface area contributed by atoms with E-state index in [1.807, 2.05) is 0 Å². The second-order valence-corrected chi connectivity index (χ2v) is 21.1. The van der Waals surface area contributed by atoms with Gasteiger partial charge in [0.25, 0.3) is 0 Å². The molecule has 0 saturated heterocycles. The van der Waals surface area contributed by atoms with Gasteiger partial charge in [0.2, 0.25) is 0 Å². The molecular weight excluding hydrogens is 927 g/mol. The summed E-state index contributed by atoms with van der Waals surface area (Å²) in [6.07, 6.45) is 0. The maximum atomic E-state index is 2.57. The smallest absolute Gasteiger partial charge is 0.0714 e. The van der Waals surface area contributed by atoms with Crippen LogP contribution in [0.1, 0.15) is 68.1 Å². The minimum atomic E-state index is -0.586. The van der Waals surface area contributed by atoms with Crippen LogP contribution in [0.4, 0.5) is 17.1 Å². The maximum Gasteiger partial charge on any atom is 0.0714 e. The van der Waals surface area contributed by atoms with Crippen molar-refractivity contribution in [3.05, 3.63) is 365 Å². The monoisotopic (exact) mass is 979 g/mol. The van der Waals surface area contributed by atoms with Gasteiger partial charge in [0.05, 0.1) is 16.5 Å². The van der Waals surface area contributed by atoms with Crippen LogP contribution in [0.25, 0.3) is 44.5 Å². The lowest BCUT2D eigenvalue weighted by molar-refractivity contribution is 0.714. The molecule has 77 heavy (non-hydrogen) atoms. The van der Waals surface area contributed by atoms with Crippen molar-refractivity contribution in [1.82, 2.24) is 0 Å². The van der Waals surface area contributed by atoms with Gasteiger partial charge in [0.1, 0.15) is 0 Å². The average Bonchev–Trinajstić information content (AvgIpc) is 4.26. The lowest BCUT2D eigenvalue weighted by Gasteiger charge is -2.36. The van der Waals surface area contributed by atoms with E-state index in [2.05, 4.69) is 315 Å². The molecule has 15 rings (SSSR count). The minimum Gasteiger partial charge on any atom is -0.310 e. The van der Waals surface area contributed by atoms with Gasteiger partial charge in [0.15, 0.2) is 0 Å². The summed E-state index contributed by atoms with van der Waals surface area (Å²) in [5.41, 5.74) is 25.8. The van der Waals surface area contributed by atoms with Gasteiger partial charge < -0.3 is 4.90 Å². The first-order valence-corrected chi connectivity index (χ1v) is 27.0. The predicted molar refractivity (Wildman–Crippen MR) is 319 cm³/mol. The number of nitrogens with zero attached hydrogens (tertiary/aromatic N) is 1. The predicted octanol–water partition coefficient (Wildman–Crippen LogP) is 18.9. The zero-order valence-corrected chi connectivity index (χ0v) is 42.8. The molecule has 0 N–H and O–H groups in total. The molecule has 0 aromatic heterocycles. The van der Waals surface area contributed by atoms with Crippen LogP contribution in [-0.2, 0) is 16.2 Å². The van der Waals surface area contributed by atoms with Crippen molar-refractivity contribution in [3.63, 3.8) is 0 Å². The molecule has 0 amide bonds. The Kier molecular flexibility index (Phi) is 10.2. The van der Waals surface area contributed by atoms with Crippen molar-refractivity contribution in [2.45, 2.75) is 23.2 Å². The van der Waals surface area contributed by atoms with E-state index in [0.717, 1.165) is 17.1 Å². The summed E-state index contributed by atoms with van der Waals surface area (Å²) in [7, 11) is 0. The number of hydrogen-bond donors (Lipinski definition) is 0. The van der Waals surface area contributed by atoms with E-state index in [4.69, 9.17) is 0 Å². The van der Waals surface area contributed by atoms with Crippen LogP contribution in [0.3, 0.4) is 0 Å². The van der Waals surface area contributed by atoms with Gasteiger partial charge in [0, 0.05) is 22.4 Å². The number of anilines is 3. The topological polar surface area (TPSA) is 3.24 Å². The molecule has 0 fully saturated rings. The summed E-state index contributed by atoms with van der Waals surface area (Å²) in [6, 6.07) is 114. The van der Waals surface area contributed by atoms with Crippen molar-refractivity contribution in [2.75, 3.05) is 4.90 Å². The molecule has 1 nitrogen and oxygen atoms in total. The maximum absolute atomic E-state index is 2.57. The third kappa shape index (κ3) is 6.35. The van der Waals surface area contributed by atoms with Crippen molar-refractivity contribution in [2.24, 2.45) is 0 Å². The van der Waals surface area contributed by atoms with E-state index in [1.165, 1.54) is 106 Å². The fourth-order valence-electron chi connectivity index (χ4n) is 14.3. The molecule has 0 bridgehead atoms. The SMILES string of the molecule is CC1(c2ccccc2)c2ccccc2-c2c(-c3ccccc3N(c3ccc4c(c3)C(c3ccccc3)(c3ccccc3)c3ccccc3-4)c3ccc4c(c3)C(c3ccccc3)(c3ccccc3)c3ccccc3-4)cccc21. The average molecular weight is 980 g/mol. The highest BCUT2D eigenvalue weighted by molar-refractivity contribution is 6.00.